The summed E-state index contributed by atoms with van der Waals surface area (Å²) < 4.78 is 6.14. The van der Waals surface area contributed by atoms with E-state index in [4.69, 9.17) is 21.4 Å². The number of amides is 1. The van der Waals surface area contributed by atoms with Gasteiger partial charge in [-0.05, 0) is 30.3 Å². The molecule has 3 rings (SSSR count). The highest BCUT2D eigenvalue weighted by Gasteiger charge is 2.16. The third kappa shape index (κ3) is 3.54. The summed E-state index contributed by atoms with van der Waals surface area (Å²) in [7, 11) is 0. The minimum atomic E-state index is -0.655. The van der Waals surface area contributed by atoms with Gasteiger partial charge in [0.05, 0.1) is 15.6 Å². The van der Waals surface area contributed by atoms with E-state index in [1.165, 1.54) is 18.2 Å². The second-order valence-electron chi connectivity index (χ2n) is 5.05. The van der Waals surface area contributed by atoms with Crippen molar-refractivity contribution in [3.05, 3.63) is 73.2 Å². The predicted octanol–water partition coefficient (Wildman–Crippen LogP) is 4.49. The van der Waals surface area contributed by atoms with E-state index in [1.807, 2.05) is 0 Å². The monoisotopic (exact) mass is 421 g/mol. The minimum Gasteiger partial charge on any atom is -0.438 e. The number of benzene rings is 2. The van der Waals surface area contributed by atoms with Crippen LogP contribution in [-0.4, -0.2) is 10.8 Å². The van der Waals surface area contributed by atoms with E-state index in [2.05, 4.69) is 21.2 Å². The largest absolute Gasteiger partial charge is 0.438 e. The van der Waals surface area contributed by atoms with Crippen LogP contribution < -0.4 is 10.9 Å². The van der Waals surface area contributed by atoms with E-state index >= 15 is 0 Å². The number of nitrogens with zero attached hydrogens (tertiary/aromatic N) is 1. The van der Waals surface area contributed by atoms with Crippen molar-refractivity contribution < 1.29 is 14.1 Å². The van der Waals surface area contributed by atoms with Crippen molar-refractivity contribution in [2.45, 2.75) is 0 Å². The summed E-state index contributed by atoms with van der Waals surface area (Å²) in [5.41, 5.74) is -0.0206. The van der Waals surface area contributed by atoms with Gasteiger partial charge in [0.1, 0.15) is 11.1 Å². The topological polar surface area (TPSA) is 109 Å². The highest BCUT2D eigenvalue weighted by Crippen LogP contribution is 2.27. The molecule has 1 aromatic heterocycles. The van der Waals surface area contributed by atoms with E-state index in [1.54, 1.807) is 18.2 Å². The number of nitrogens with one attached hydrogen (secondary N) is 2. The van der Waals surface area contributed by atoms with Gasteiger partial charge in [-0.25, -0.2) is 0 Å². The standard InChI is InChI=1S/C16H9BrClN3O4/c17-9-1-4-14-8(5-9)6-11(15(19)25-14)16(22)20-13-7-10(21(23)24)2-3-12(13)18/h1-7,19H,(H,20,22). The number of nitro groups is 1. The molecule has 3 aromatic rings. The summed E-state index contributed by atoms with van der Waals surface area (Å²) in [5.74, 6) is -0.655. The average molecular weight is 423 g/mol. The number of anilines is 1. The van der Waals surface area contributed by atoms with Gasteiger partial charge in [-0.2, -0.15) is 0 Å². The first-order valence-corrected chi connectivity index (χ1v) is 8.05. The van der Waals surface area contributed by atoms with Crippen molar-refractivity contribution in [3.63, 3.8) is 0 Å². The van der Waals surface area contributed by atoms with Gasteiger partial charge in [0.15, 0.2) is 0 Å². The number of nitro benzene ring substituents is 1. The van der Waals surface area contributed by atoms with Gasteiger partial charge >= 0.3 is 0 Å². The third-order valence-electron chi connectivity index (χ3n) is 3.38. The highest BCUT2D eigenvalue weighted by atomic mass is 79.9. The van der Waals surface area contributed by atoms with Crippen LogP contribution in [0.4, 0.5) is 11.4 Å². The Labute approximate surface area is 154 Å². The van der Waals surface area contributed by atoms with E-state index in [0.29, 0.717) is 11.0 Å². The molecule has 1 heterocycles. The lowest BCUT2D eigenvalue weighted by molar-refractivity contribution is -0.384. The first-order chi connectivity index (χ1) is 11.8. The Bertz CT molecular complexity index is 1080. The molecule has 0 aliphatic rings. The average Bonchev–Trinajstić information content (AvgIpc) is 2.56. The molecule has 0 unspecified atom stereocenters. The van der Waals surface area contributed by atoms with Crippen molar-refractivity contribution in [2.75, 3.05) is 5.32 Å². The van der Waals surface area contributed by atoms with E-state index in [-0.39, 0.29) is 27.5 Å². The van der Waals surface area contributed by atoms with Gasteiger partial charge in [0.2, 0.25) is 5.55 Å². The Morgan fingerprint density at radius 2 is 2.00 bits per heavy atom. The summed E-state index contributed by atoms with van der Waals surface area (Å²) in [6.07, 6.45) is 0. The smallest absolute Gasteiger partial charge is 0.271 e. The summed E-state index contributed by atoms with van der Waals surface area (Å²) in [6.45, 7) is 0. The maximum Gasteiger partial charge on any atom is 0.271 e. The van der Waals surface area contributed by atoms with Crippen molar-refractivity contribution in [2.24, 2.45) is 0 Å². The number of rotatable bonds is 3. The number of hydrogen-bond donors (Lipinski definition) is 2. The molecule has 0 aliphatic carbocycles. The lowest BCUT2D eigenvalue weighted by Crippen LogP contribution is -2.21. The lowest BCUT2D eigenvalue weighted by atomic mass is 10.1. The molecule has 25 heavy (non-hydrogen) atoms. The predicted molar refractivity (Wildman–Crippen MR) is 95.8 cm³/mol. The highest BCUT2D eigenvalue weighted by molar-refractivity contribution is 9.10. The third-order valence-corrected chi connectivity index (χ3v) is 4.20. The van der Waals surface area contributed by atoms with Gasteiger partial charge in [-0.15, -0.1) is 0 Å². The maximum absolute atomic E-state index is 12.5. The number of carbonyl (C=O) groups excluding carboxylic acids is 1. The van der Waals surface area contributed by atoms with Crippen molar-refractivity contribution in [1.82, 2.24) is 0 Å². The van der Waals surface area contributed by atoms with Crippen LogP contribution in [0.15, 0.2) is 51.4 Å². The first kappa shape index (κ1) is 17.1. The second-order valence-corrected chi connectivity index (χ2v) is 6.37. The molecule has 0 saturated carbocycles. The summed E-state index contributed by atoms with van der Waals surface area (Å²) in [4.78, 5) is 22.7. The molecule has 9 heteroatoms. The van der Waals surface area contributed by atoms with Crippen molar-refractivity contribution >= 4 is 55.8 Å². The van der Waals surface area contributed by atoms with Gasteiger partial charge in [0.25, 0.3) is 11.6 Å². The molecule has 0 bridgehead atoms. The maximum atomic E-state index is 12.5. The Morgan fingerprint density at radius 1 is 1.24 bits per heavy atom. The Kier molecular flexibility index (Phi) is 4.56. The zero-order valence-corrected chi connectivity index (χ0v) is 14.7. The molecule has 0 radical (unpaired) electrons. The zero-order chi connectivity index (χ0) is 18.1. The molecule has 0 fully saturated rings. The molecular formula is C16H9BrClN3O4. The SMILES string of the molecule is N=c1oc2ccc(Br)cc2cc1C(=O)Nc1cc([N+](=O)[O-])ccc1Cl. The molecule has 7 nitrogen and oxygen atoms in total. The van der Waals surface area contributed by atoms with Crippen LogP contribution in [0.1, 0.15) is 10.4 Å². The summed E-state index contributed by atoms with van der Waals surface area (Å²) in [6, 6.07) is 10.4. The molecule has 0 saturated heterocycles. The van der Waals surface area contributed by atoms with Gasteiger partial charge in [-0.1, -0.05) is 27.5 Å². The van der Waals surface area contributed by atoms with Crippen LogP contribution in [0.2, 0.25) is 5.02 Å². The van der Waals surface area contributed by atoms with Gasteiger partial charge in [-0.3, -0.25) is 20.3 Å². The molecule has 0 aliphatic heterocycles. The fourth-order valence-electron chi connectivity index (χ4n) is 2.19. The van der Waals surface area contributed by atoms with Crippen LogP contribution in [-0.2, 0) is 0 Å². The molecule has 126 valence electrons. The molecular weight excluding hydrogens is 414 g/mol. The molecule has 1 amide bonds. The fraction of sp³-hybridized carbons (Fsp3) is 0. The zero-order valence-electron chi connectivity index (χ0n) is 12.4. The van der Waals surface area contributed by atoms with Crippen LogP contribution >= 0.6 is 27.5 Å². The van der Waals surface area contributed by atoms with E-state index < -0.39 is 10.8 Å². The fourth-order valence-corrected chi connectivity index (χ4v) is 2.74. The van der Waals surface area contributed by atoms with Crippen LogP contribution in [0.25, 0.3) is 11.0 Å². The number of carbonyl (C=O) groups is 1. The number of hydrogen-bond acceptors (Lipinski definition) is 5. The molecule has 0 atom stereocenters. The molecule has 2 aromatic carbocycles. The van der Waals surface area contributed by atoms with Gasteiger partial charge < -0.3 is 9.73 Å². The van der Waals surface area contributed by atoms with E-state index in [9.17, 15) is 14.9 Å². The number of fused-ring (bicyclic) bond motifs is 1. The molecule has 2 N–H and O–H groups in total. The lowest BCUT2D eigenvalue weighted by Gasteiger charge is -2.08. The van der Waals surface area contributed by atoms with E-state index in [0.717, 1.165) is 10.5 Å². The summed E-state index contributed by atoms with van der Waals surface area (Å²) in [5, 5.41) is 22.0. The first-order valence-electron chi connectivity index (χ1n) is 6.88. The number of non-ortho nitro benzene ring substituents is 1. The van der Waals surface area contributed by atoms with Crippen molar-refractivity contribution in [3.8, 4) is 0 Å². The summed E-state index contributed by atoms with van der Waals surface area (Å²) >= 11 is 9.30. The molecule has 0 spiro atoms. The van der Waals surface area contributed by atoms with Crippen LogP contribution in [0.5, 0.6) is 0 Å². The van der Waals surface area contributed by atoms with Crippen LogP contribution in [0.3, 0.4) is 0 Å². The normalized spacial score (nSPS) is 10.6. The van der Waals surface area contributed by atoms with Crippen molar-refractivity contribution in [1.29, 1.82) is 5.41 Å². The minimum absolute atomic E-state index is 0.0202. The quantitative estimate of drug-likeness (QED) is 0.479. The Morgan fingerprint density at radius 3 is 2.72 bits per heavy atom. The Balaban J connectivity index is 2.00. The number of halogens is 2. The second kappa shape index (κ2) is 6.66. The van der Waals surface area contributed by atoms with Crippen LogP contribution in [0, 0.1) is 15.5 Å². The van der Waals surface area contributed by atoms with Gasteiger partial charge in [0, 0.05) is 22.0 Å². The Hall–Kier alpha value is -2.71.